The van der Waals surface area contributed by atoms with Crippen molar-refractivity contribution in [1.29, 1.82) is 0 Å². The van der Waals surface area contributed by atoms with Crippen LogP contribution in [0.15, 0.2) is 48.5 Å². The summed E-state index contributed by atoms with van der Waals surface area (Å²) < 4.78 is 5.21. The number of ether oxygens (including phenoxy) is 1. The van der Waals surface area contributed by atoms with Crippen LogP contribution in [-0.2, 0) is 0 Å². The number of hydrogen-bond donors (Lipinski definition) is 1. The Morgan fingerprint density at radius 2 is 1.63 bits per heavy atom. The lowest BCUT2D eigenvalue weighted by Gasteiger charge is -2.35. The molecule has 142 valence electrons. The number of rotatable bonds is 5. The first kappa shape index (κ1) is 18.9. The van der Waals surface area contributed by atoms with Crippen LogP contribution in [0.3, 0.4) is 0 Å². The van der Waals surface area contributed by atoms with Crippen molar-refractivity contribution in [3.05, 3.63) is 65.2 Å². The van der Waals surface area contributed by atoms with Crippen LogP contribution in [0, 0.1) is 0 Å². The zero-order valence-electron chi connectivity index (χ0n) is 15.6. The second-order valence-corrected chi connectivity index (χ2v) is 6.78. The van der Waals surface area contributed by atoms with Gasteiger partial charge < -0.3 is 24.4 Å². The minimum atomic E-state index is -1.32. The topological polar surface area (TPSA) is 74.1 Å². The fraction of sp³-hybridized carbons (Fsp3) is 0.333. The lowest BCUT2D eigenvalue weighted by atomic mass is 10.0. The minimum Gasteiger partial charge on any atom is -0.545 e. The van der Waals surface area contributed by atoms with Crippen molar-refractivity contribution in [2.24, 2.45) is 0 Å². The summed E-state index contributed by atoms with van der Waals surface area (Å²) in [5, 5.41) is 11.3. The Morgan fingerprint density at radius 1 is 1.04 bits per heavy atom. The molecule has 2 aromatic rings. The maximum Gasteiger partial charge on any atom is 0.254 e. The molecule has 0 spiro atoms. The van der Waals surface area contributed by atoms with Gasteiger partial charge in [-0.1, -0.05) is 18.2 Å². The van der Waals surface area contributed by atoms with Crippen molar-refractivity contribution in [1.82, 2.24) is 4.90 Å². The standard InChI is InChI=1S/C21H24N2O4/c1-15(16-7-9-17(27-2)10-8-16)22-11-13-23(14-12-22)20(24)18-5-3-4-6-19(18)21(25)26/h3-10,15H,11-14H2,1-2H3,(H,25,26)/t15-/m0/s1. The van der Waals surface area contributed by atoms with Gasteiger partial charge in [0.1, 0.15) is 11.8 Å². The van der Waals surface area contributed by atoms with E-state index in [-0.39, 0.29) is 17.0 Å². The summed E-state index contributed by atoms with van der Waals surface area (Å²) >= 11 is 0. The van der Waals surface area contributed by atoms with Gasteiger partial charge in [0.2, 0.25) is 0 Å². The van der Waals surface area contributed by atoms with Crippen LogP contribution >= 0.6 is 0 Å². The summed E-state index contributed by atoms with van der Waals surface area (Å²) in [5.41, 5.74) is 1.38. The van der Waals surface area contributed by atoms with E-state index in [1.54, 1.807) is 30.2 Å². The van der Waals surface area contributed by atoms with E-state index in [1.807, 2.05) is 12.1 Å². The molecule has 6 nitrogen and oxygen atoms in total. The third-order valence-electron chi connectivity index (χ3n) is 5.30. The molecule has 6 heteroatoms. The third-order valence-corrected chi connectivity index (χ3v) is 5.30. The lowest BCUT2D eigenvalue weighted by molar-refractivity contribution is -0.933. The molecule has 0 bridgehead atoms. The molecule has 0 unspecified atom stereocenters. The van der Waals surface area contributed by atoms with E-state index in [4.69, 9.17) is 4.74 Å². The van der Waals surface area contributed by atoms with Crippen LogP contribution in [-0.4, -0.2) is 50.1 Å². The number of amides is 1. The fourth-order valence-electron chi connectivity index (χ4n) is 3.58. The smallest absolute Gasteiger partial charge is 0.254 e. The fourth-order valence-corrected chi connectivity index (χ4v) is 3.58. The molecule has 1 heterocycles. The van der Waals surface area contributed by atoms with E-state index in [0.29, 0.717) is 19.1 Å². The molecule has 1 amide bonds. The maximum absolute atomic E-state index is 12.8. The molecule has 1 saturated heterocycles. The molecule has 1 atom stereocenters. The van der Waals surface area contributed by atoms with Crippen LogP contribution in [0.2, 0.25) is 0 Å². The zero-order chi connectivity index (χ0) is 19.4. The Balaban J connectivity index is 1.64. The van der Waals surface area contributed by atoms with Gasteiger partial charge in [0.25, 0.3) is 5.91 Å². The summed E-state index contributed by atoms with van der Waals surface area (Å²) in [4.78, 5) is 27.1. The quantitative estimate of drug-likeness (QED) is 0.816. The van der Waals surface area contributed by atoms with Crippen molar-refractivity contribution in [2.45, 2.75) is 13.0 Å². The predicted octanol–water partition coefficient (Wildman–Crippen LogP) is 0.161. The summed E-state index contributed by atoms with van der Waals surface area (Å²) in [7, 11) is 1.65. The Morgan fingerprint density at radius 3 is 2.19 bits per heavy atom. The molecule has 0 radical (unpaired) electrons. The molecule has 1 aliphatic heterocycles. The summed E-state index contributed by atoms with van der Waals surface area (Å²) in [5.74, 6) is -0.731. The predicted molar refractivity (Wildman–Crippen MR) is 98.8 cm³/mol. The van der Waals surface area contributed by atoms with E-state index in [9.17, 15) is 14.7 Å². The second kappa shape index (κ2) is 8.22. The highest BCUT2D eigenvalue weighted by Gasteiger charge is 2.29. The molecule has 1 aliphatic rings. The number of hydrogen-bond acceptors (Lipinski definition) is 4. The van der Waals surface area contributed by atoms with Gasteiger partial charge in [-0.2, -0.15) is 0 Å². The Hall–Kier alpha value is -2.86. The van der Waals surface area contributed by atoms with E-state index in [0.717, 1.165) is 18.8 Å². The van der Waals surface area contributed by atoms with Gasteiger partial charge in [0.05, 0.1) is 39.3 Å². The number of carboxylic acids is 1. The minimum absolute atomic E-state index is 0.0520. The third kappa shape index (κ3) is 4.11. The van der Waals surface area contributed by atoms with Gasteiger partial charge in [-0.05, 0) is 37.3 Å². The van der Waals surface area contributed by atoms with Crippen molar-refractivity contribution in [3.8, 4) is 5.75 Å². The number of carboxylic acid groups (broad SMARTS) is 1. The largest absolute Gasteiger partial charge is 0.545 e. The number of aromatic carboxylic acids is 1. The first-order valence-corrected chi connectivity index (χ1v) is 9.09. The number of methoxy groups -OCH3 is 1. The van der Waals surface area contributed by atoms with Crippen LogP contribution in [0.5, 0.6) is 5.75 Å². The molecule has 1 N–H and O–H groups in total. The van der Waals surface area contributed by atoms with Gasteiger partial charge in [-0.3, -0.25) is 4.79 Å². The molecule has 3 rings (SSSR count). The zero-order valence-corrected chi connectivity index (χ0v) is 15.6. The number of benzene rings is 2. The molecule has 27 heavy (non-hydrogen) atoms. The van der Waals surface area contributed by atoms with Crippen molar-refractivity contribution in [2.75, 3.05) is 33.3 Å². The Labute approximate surface area is 159 Å². The van der Waals surface area contributed by atoms with Crippen LogP contribution in [0.1, 0.15) is 39.2 Å². The van der Waals surface area contributed by atoms with Crippen molar-refractivity contribution >= 4 is 11.9 Å². The second-order valence-electron chi connectivity index (χ2n) is 6.78. The normalized spacial score (nSPS) is 16.0. The van der Waals surface area contributed by atoms with E-state index < -0.39 is 5.97 Å². The summed E-state index contributed by atoms with van der Waals surface area (Å²) in [6, 6.07) is 14.6. The first-order chi connectivity index (χ1) is 13.0. The maximum atomic E-state index is 12.8. The Kier molecular flexibility index (Phi) is 5.76. The molecule has 2 aromatic carbocycles. The highest BCUT2D eigenvalue weighted by molar-refractivity contribution is 6.04. The summed E-state index contributed by atoms with van der Waals surface area (Å²) in [6.45, 7) is 4.99. The van der Waals surface area contributed by atoms with E-state index in [2.05, 4.69) is 19.1 Å². The molecule has 0 saturated carbocycles. The number of quaternary nitrogens is 1. The van der Waals surface area contributed by atoms with Gasteiger partial charge in [0, 0.05) is 16.7 Å². The van der Waals surface area contributed by atoms with Crippen molar-refractivity contribution < 1.29 is 24.3 Å². The lowest BCUT2D eigenvalue weighted by Crippen LogP contribution is -3.14. The molecular weight excluding hydrogens is 344 g/mol. The average molecular weight is 368 g/mol. The monoisotopic (exact) mass is 368 g/mol. The van der Waals surface area contributed by atoms with E-state index in [1.165, 1.54) is 16.5 Å². The van der Waals surface area contributed by atoms with Gasteiger partial charge in [-0.25, -0.2) is 0 Å². The van der Waals surface area contributed by atoms with Crippen LogP contribution < -0.4 is 14.7 Å². The molecule has 0 aliphatic carbocycles. The summed E-state index contributed by atoms with van der Waals surface area (Å²) in [6.07, 6.45) is 0. The highest BCUT2D eigenvalue weighted by Crippen LogP contribution is 2.16. The molecule has 0 aromatic heterocycles. The van der Waals surface area contributed by atoms with Gasteiger partial charge >= 0.3 is 0 Å². The van der Waals surface area contributed by atoms with Crippen LogP contribution in [0.4, 0.5) is 0 Å². The SMILES string of the molecule is COc1ccc([C@H](C)[NH+]2CCN(C(=O)c3ccccc3C(=O)[O-])CC2)cc1. The highest BCUT2D eigenvalue weighted by atomic mass is 16.5. The van der Waals surface area contributed by atoms with Crippen LogP contribution in [0.25, 0.3) is 0 Å². The van der Waals surface area contributed by atoms with Gasteiger partial charge in [0.15, 0.2) is 0 Å². The molecular formula is C21H24N2O4. The first-order valence-electron chi connectivity index (χ1n) is 9.09. The number of piperazine rings is 1. The Bertz CT molecular complexity index is 811. The van der Waals surface area contributed by atoms with Crippen molar-refractivity contribution in [3.63, 3.8) is 0 Å². The average Bonchev–Trinajstić information content (AvgIpc) is 2.73. The van der Waals surface area contributed by atoms with E-state index >= 15 is 0 Å². The number of carbonyl (C=O) groups excluding carboxylic acids is 2. The number of carbonyl (C=O) groups is 2. The molecule has 1 fully saturated rings. The number of nitrogens with zero attached hydrogens (tertiary/aromatic N) is 1. The van der Waals surface area contributed by atoms with Gasteiger partial charge in [-0.15, -0.1) is 0 Å². The number of nitrogens with one attached hydrogen (secondary N) is 1.